The van der Waals surface area contributed by atoms with Gasteiger partial charge in [0.1, 0.15) is 5.60 Å². The van der Waals surface area contributed by atoms with Crippen LogP contribution in [0.25, 0.3) is 0 Å². The molecule has 0 aromatic heterocycles. The van der Waals surface area contributed by atoms with E-state index in [1.807, 2.05) is 0 Å². The molecule has 0 aliphatic carbocycles. The lowest BCUT2D eigenvalue weighted by Crippen LogP contribution is -2.36. The second kappa shape index (κ2) is 5.58. The zero-order valence-corrected chi connectivity index (χ0v) is 11.8. The van der Waals surface area contributed by atoms with Gasteiger partial charge < -0.3 is 24.6 Å². The lowest BCUT2D eigenvalue weighted by molar-refractivity contribution is 0.0481. The second-order valence-corrected chi connectivity index (χ2v) is 5.46. The molecule has 1 amide bonds. The molecule has 0 fully saturated rings. The van der Waals surface area contributed by atoms with Gasteiger partial charge in [-0.1, -0.05) is 12.1 Å². The van der Waals surface area contributed by atoms with Crippen LogP contribution in [0.2, 0.25) is 0 Å². The highest BCUT2D eigenvalue weighted by molar-refractivity contribution is 5.69. The van der Waals surface area contributed by atoms with Gasteiger partial charge in [-0.3, -0.25) is 0 Å². The number of fused-ring (bicyclic) bond motifs is 1. The number of carbonyl (C=O) groups is 1. The summed E-state index contributed by atoms with van der Waals surface area (Å²) in [5.41, 5.74) is 0.0656. The summed E-state index contributed by atoms with van der Waals surface area (Å²) in [6, 6.07) is 4.71. The largest absolute Gasteiger partial charge is 0.454 e. The average molecular weight is 281 g/mol. The van der Waals surface area contributed by atoms with Gasteiger partial charge in [0, 0.05) is 5.56 Å². The third-order valence-electron chi connectivity index (χ3n) is 2.68. The van der Waals surface area contributed by atoms with E-state index in [0.717, 1.165) is 0 Å². The van der Waals surface area contributed by atoms with E-state index in [2.05, 4.69) is 5.32 Å². The molecular weight excluding hydrogens is 262 g/mol. The highest BCUT2D eigenvalue weighted by Gasteiger charge is 2.25. The Morgan fingerprint density at radius 1 is 1.45 bits per heavy atom. The van der Waals surface area contributed by atoms with Crippen molar-refractivity contribution in [2.75, 3.05) is 13.4 Å². The van der Waals surface area contributed by atoms with E-state index in [-0.39, 0.29) is 13.4 Å². The van der Waals surface area contributed by atoms with E-state index in [0.29, 0.717) is 17.1 Å². The summed E-state index contributed by atoms with van der Waals surface area (Å²) in [4.78, 5) is 11.8. The molecule has 1 aromatic rings. The van der Waals surface area contributed by atoms with Gasteiger partial charge in [-0.05, 0) is 26.8 Å². The van der Waals surface area contributed by atoms with Crippen LogP contribution in [0.1, 0.15) is 32.4 Å². The monoisotopic (exact) mass is 281 g/mol. The van der Waals surface area contributed by atoms with E-state index >= 15 is 0 Å². The summed E-state index contributed by atoms with van der Waals surface area (Å²) in [5.74, 6) is 1.15. The van der Waals surface area contributed by atoms with Crippen molar-refractivity contribution in [2.45, 2.75) is 32.4 Å². The summed E-state index contributed by atoms with van der Waals surface area (Å²) in [6.07, 6.45) is -0.590. The number of para-hydroxylation sites is 1. The topological polar surface area (TPSA) is 77.0 Å². The normalized spacial score (nSPS) is 14.8. The van der Waals surface area contributed by atoms with E-state index < -0.39 is 17.7 Å². The number of aliphatic hydroxyl groups is 1. The Bertz CT molecular complexity index is 495. The molecule has 0 saturated carbocycles. The number of ether oxygens (including phenoxy) is 3. The highest BCUT2D eigenvalue weighted by atomic mass is 16.7. The van der Waals surface area contributed by atoms with E-state index in [1.54, 1.807) is 39.0 Å². The first-order valence-electron chi connectivity index (χ1n) is 6.39. The van der Waals surface area contributed by atoms with Gasteiger partial charge in [-0.25, -0.2) is 4.79 Å². The number of carbonyl (C=O) groups excluding carboxylic acids is 1. The maximum atomic E-state index is 11.8. The van der Waals surface area contributed by atoms with Crippen LogP contribution in [-0.2, 0) is 4.74 Å². The van der Waals surface area contributed by atoms with Crippen LogP contribution < -0.4 is 14.8 Å². The van der Waals surface area contributed by atoms with Crippen LogP contribution in [0.15, 0.2) is 18.2 Å². The summed E-state index contributed by atoms with van der Waals surface area (Å²) in [7, 11) is 0. The molecule has 1 aliphatic rings. The average Bonchev–Trinajstić information content (AvgIpc) is 2.81. The minimum atomic E-state index is -0.610. The van der Waals surface area contributed by atoms with Crippen LogP contribution in [0.3, 0.4) is 0 Å². The molecule has 1 aromatic carbocycles. The maximum Gasteiger partial charge on any atom is 0.408 e. The van der Waals surface area contributed by atoms with Crippen LogP contribution in [0, 0.1) is 0 Å². The standard InChI is InChI=1S/C14H19NO5/c1-14(2,3)20-13(17)15-10(7-16)9-5-4-6-11-12(9)19-8-18-11/h4-6,10,16H,7-8H2,1-3H3,(H,15,17). The Labute approximate surface area is 117 Å². The van der Waals surface area contributed by atoms with Gasteiger partial charge in [-0.2, -0.15) is 0 Å². The molecule has 6 heteroatoms. The Morgan fingerprint density at radius 2 is 2.20 bits per heavy atom. The Hall–Kier alpha value is -1.95. The van der Waals surface area contributed by atoms with Gasteiger partial charge >= 0.3 is 6.09 Å². The number of hydrogen-bond acceptors (Lipinski definition) is 5. The first-order valence-corrected chi connectivity index (χ1v) is 6.39. The van der Waals surface area contributed by atoms with Gasteiger partial charge in [0.05, 0.1) is 12.6 Å². The van der Waals surface area contributed by atoms with Gasteiger partial charge in [0.25, 0.3) is 0 Å². The Morgan fingerprint density at radius 3 is 2.85 bits per heavy atom. The number of nitrogens with one attached hydrogen (secondary N) is 1. The van der Waals surface area contributed by atoms with Crippen LogP contribution in [0.5, 0.6) is 11.5 Å². The van der Waals surface area contributed by atoms with Crippen molar-refractivity contribution in [2.24, 2.45) is 0 Å². The van der Waals surface area contributed by atoms with Crippen molar-refractivity contribution in [3.8, 4) is 11.5 Å². The van der Waals surface area contributed by atoms with Crippen LogP contribution in [0.4, 0.5) is 4.79 Å². The smallest absolute Gasteiger partial charge is 0.408 e. The van der Waals surface area contributed by atoms with E-state index in [4.69, 9.17) is 14.2 Å². The lowest BCUT2D eigenvalue weighted by atomic mass is 10.1. The molecule has 1 heterocycles. The summed E-state index contributed by atoms with van der Waals surface area (Å²) >= 11 is 0. The maximum absolute atomic E-state index is 11.8. The van der Waals surface area contributed by atoms with Crippen molar-refractivity contribution < 1.29 is 24.1 Å². The quantitative estimate of drug-likeness (QED) is 0.885. The molecule has 6 nitrogen and oxygen atoms in total. The number of amides is 1. The zero-order valence-electron chi connectivity index (χ0n) is 11.8. The predicted octanol–water partition coefficient (Wildman–Crippen LogP) is 1.97. The van der Waals surface area contributed by atoms with Crippen molar-refractivity contribution >= 4 is 6.09 Å². The first-order chi connectivity index (χ1) is 9.40. The number of rotatable bonds is 3. The fourth-order valence-electron chi connectivity index (χ4n) is 1.90. The fraction of sp³-hybridized carbons (Fsp3) is 0.500. The fourth-order valence-corrected chi connectivity index (χ4v) is 1.90. The number of hydrogen-bond donors (Lipinski definition) is 2. The molecule has 1 aliphatic heterocycles. The number of aliphatic hydroxyl groups excluding tert-OH is 1. The van der Waals surface area contributed by atoms with Crippen molar-refractivity contribution in [1.82, 2.24) is 5.32 Å². The zero-order chi connectivity index (χ0) is 14.8. The molecule has 2 N–H and O–H groups in total. The summed E-state index contributed by atoms with van der Waals surface area (Å²) in [6.45, 7) is 5.20. The predicted molar refractivity (Wildman–Crippen MR) is 71.8 cm³/mol. The van der Waals surface area contributed by atoms with Crippen LogP contribution >= 0.6 is 0 Å². The summed E-state index contributed by atoms with van der Waals surface area (Å²) < 4.78 is 15.8. The Kier molecular flexibility index (Phi) is 4.04. The third kappa shape index (κ3) is 3.33. The molecule has 20 heavy (non-hydrogen) atoms. The minimum Gasteiger partial charge on any atom is -0.454 e. The van der Waals surface area contributed by atoms with Crippen LogP contribution in [-0.4, -0.2) is 30.2 Å². The molecule has 0 bridgehead atoms. The van der Waals surface area contributed by atoms with E-state index in [9.17, 15) is 9.90 Å². The van der Waals surface area contributed by atoms with Crippen molar-refractivity contribution in [1.29, 1.82) is 0 Å². The van der Waals surface area contributed by atoms with Gasteiger partial charge in [0.2, 0.25) is 6.79 Å². The van der Waals surface area contributed by atoms with Crippen molar-refractivity contribution in [3.63, 3.8) is 0 Å². The van der Waals surface area contributed by atoms with Crippen molar-refractivity contribution in [3.05, 3.63) is 23.8 Å². The molecule has 0 spiro atoms. The molecular formula is C14H19NO5. The number of benzene rings is 1. The lowest BCUT2D eigenvalue weighted by Gasteiger charge is -2.23. The molecule has 0 radical (unpaired) electrons. The highest BCUT2D eigenvalue weighted by Crippen LogP contribution is 2.38. The van der Waals surface area contributed by atoms with Gasteiger partial charge in [0.15, 0.2) is 11.5 Å². The molecule has 0 saturated heterocycles. The first kappa shape index (κ1) is 14.5. The molecule has 1 unspecified atom stereocenters. The van der Waals surface area contributed by atoms with Gasteiger partial charge in [-0.15, -0.1) is 0 Å². The number of alkyl carbamates (subject to hydrolysis) is 1. The molecule has 110 valence electrons. The Balaban J connectivity index is 2.13. The van der Waals surface area contributed by atoms with E-state index in [1.165, 1.54) is 0 Å². The third-order valence-corrected chi connectivity index (χ3v) is 2.68. The molecule has 1 atom stereocenters. The minimum absolute atomic E-state index is 0.136. The second-order valence-electron chi connectivity index (χ2n) is 5.46. The summed E-state index contributed by atoms with van der Waals surface area (Å²) in [5, 5.41) is 12.1. The molecule has 2 rings (SSSR count). The SMILES string of the molecule is CC(C)(C)OC(=O)NC(CO)c1cccc2c1OCO2.